The van der Waals surface area contributed by atoms with Crippen LogP contribution in [0.5, 0.6) is 11.5 Å². The normalized spacial score (nSPS) is 12.8. The first-order valence-electron chi connectivity index (χ1n) is 10.7. The van der Waals surface area contributed by atoms with Crippen molar-refractivity contribution in [2.24, 2.45) is 0 Å². The number of fused-ring (bicyclic) bond motifs is 1. The van der Waals surface area contributed by atoms with Gasteiger partial charge in [-0.3, -0.25) is 4.79 Å². The first-order chi connectivity index (χ1) is 16.5. The number of sulfonamides is 1. The van der Waals surface area contributed by atoms with Crippen LogP contribution in [-0.4, -0.2) is 57.1 Å². The average molecular weight is 487 g/mol. The summed E-state index contributed by atoms with van der Waals surface area (Å²) in [5.74, 6) is 1.47. The van der Waals surface area contributed by atoms with E-state index in [-0.39, 0.29) is 50.4 Å². The minimum absolute atomic E-state index is 0.0398. The summed E-state index contributed by atoms with van der Waals surface area (Å²) in [5.41, 5.74) is 0.818. The second-order valence-electron chi connectivity index (χ2n) is 7.66. The molecule has 1 aromatic heterocycles. The fraction of sp³-hybridized carbons (Fsp3) is 0.292. The van der Waals surface area contributed by atoms with E-state index in [9.17, 15) is 13.2 Å². The zero-order valence-corrected chi connectivity index (χ0v) is 19.6. The fourth-order valence-electron chi connectivity index (χ4n) is 3.55. The van der Waals surface area contributed by atoms with Gasteiger partial charge in [0.1, 0.15) is 5.76 Å². The zero-order valence-electron chi connectivity index (χ0n) is 18.8. The van der Waals surface area contributed by atoms with Gasteiger partial charge in [0.15, 0.2) is 11.5 Å². The first kappa shape index (κ1) is 23.8. The molecule has 0 radical (unpaired) electrons. The highest BCUT2D eigenvalue weighted by atomic mass is 32.2. The van der Waals surface area contributed by atoms with Gasteiger partial charge in [-0.2, -0.15) is 4.31 Å². The van der Waals surface area contributed by atoms with Crippen LogP contribution >= 0.6 is 0 Å². The van der Waals surface area contributed by atoms with E-state index >= 15 is 0 Å². The van der Waals surface area contributed by atoms with E-state index in [1.54, 1.807) is 41.3 Å². The van der Waals surface area contributed by atoms with E-state index in [2.05, 4.69) is 0 Å². The van der Waals surface area contributed by atoms with Crippen molar-refractivity contribution in [3.05, 3.63) is 78.3 Å². The standard InChI is InChI=1S/C24H26N2O7S/c1-30-13-11-26(34(28,29)21-7-3-2-4-8-21)17-24(27)25(16-20-6-5-12-31-20)15-19-9-10-22-23(14-19)33-18-32-22/h2-10,12,14H,11,13,15-18H2,1H3. The third-order valence-electron chi connectivity index (χ3n) is 5.33. The smallest absolute Gasteiger partial charge is 0.243 e. The zero-order chi connectivity index (χ0) is 24.0. The third kappa shape index (κ3) is 5.58. The molecule has 0 fully saturated rings. The summed E-state index contributed by atoms with van der Waals surface area (Å²) in [5, 5.41) is 0. The monoisotopic (exact) mass is 486 g/mol. The van der Waals surface area contributed by atoms with Crippen LogP contribution in [0.15, 0.2) is 76.2 Å². The second kappa shape index (κ2) is 10.7. The van der Waals surface area contributed by atoms with Crippen LogP contribution in [0.2, 0.25) is 0 Å². The molecule has 0 aliphatic carbocycles. The van der Waals surface area contributed by atoms with Crippen LogP contribution in [0.25, 0.3) is 0 Å². The average Bonchev–Trinajstić information content (AvgIpc) is 3.53. The third-order valence-corrected chi connectivity index (χ3v) is 7.19. The number of methoxy groups -OCH3 is 1. The Hall–Kier alpha value is -3.34. The van der Waals surface area contributed by atoms with Crippen LogP contribution in [0, 0.1) is 0 Å². The minimum atomic E-state index is -3.90. The molecule has 0 saturated heterocycles. The summed E-state index contributed by atoms with van der Waals surface area (Å²) < 4.78 is 49.0. The molecule has 0 unspecified atom stereocenters. The van der Waals surface area contributed by atoms with Crippen molar-refractivity contribution in [1.29, 1.82) is 0 Å². The lowest BCUT2D eigenvalue weighted by atomic mass is 10.2. The number of hydrogen-bond acceptors (Lipinski definition) is 7. The van der Waals surface area contributed by atoms with Gasteiger partial charge in [-0.1, -0.05) is 24.3 Å². The van der Waals surface area contributed by atoms with Crippen molar-refractivity contribution in [3.8, 4) is 11.5 Å². The highest BCUT2D eigenvalue weighted by Crippen LogP contribution is 2.33. The molecule has 0 spiro atoms. The molecular formula is C24H26N2O7S. The van der Waals surface area contributed by atoms with Crippen LogP contribution in [0.4, 0.5) is 0 Å². The molecule has 9 nitrogen and oxygen atoms in total. The molecule has 10 heteroatoms. The van der Waals surface area contributed by atoms with Crippen LogP contribution in [0.3, 0.4) is 0 Å². The molecule has 0 atom stereocenters. The van der Waals surface area contributed by atoms with Crippen molar-refractivity contribution in [1.82, 2.24) is 9.21 Å². The lowest BCUT2D eigenvalue weighted by Crippen LogP contribution is -2.43. The van der Waals surface area contributed by atoms with E-state index < -0.39 is 10.0 Å². The number of nitrogens with zero attached hydrogens (tertiary/aromatic N) is 2. The molecule has 2 aromatic carbocycles. The molecule has 0 N–H and O–H groups in total. The van der Waals surface area contributed by atoms with E-state index in [0.29, 0.717) is 17.3 Å². The summed E-state index contributed by atoms with van der Waals surface area (Å²) in [6, 6.07) is 17.0. The van der Waals surface area contributed by atoms with Gasteiger partial charge in [-0.15, -0.1) is 0 Å². The maximum atomic E-state index is 13.4. The second-order valence-corrected chi connectivity index (χ2v) is 9.60. The van der Waals surface area contributed by atoms with Gasteiger partial charge in [0.2, 0.25) is 22.7 Å². The Bertz CT molecular complexity index is 1200. The van der Waals surface area contributed by atoms with Crippen molar-refractivity contribution < 1.29 is 31.8 Å². The van der Waals surface area contributed by atoms with Crippen LogP contribution in [0.1, 0.15) is 11.3 Å². The Morgan fingerprint density at radius 1 is 1.00 bits per heavy atom. The van der Waals surface area contributed by atoms with Crippen LogP contribution in [-0.2, 0) is 32.6 Å². The quantitative estimate of drug-likeness (QED) is 0.411. The maximum absolute atomic E-state index is 13.4. The topological polar surface area (TPSA) is 98.5 Å². The lowest BCUT2D eigenvalue weighted by molar-refractivity contribution is -0.133. The summed E-state index contributed by atoms with van der Waals surface area (Å²) in [4.78, 5) is 15.1. The van der Waals surface area contributed by atoms with Gasteiger partial charge in [0.05, 0.1) is 30.9 Å². The highest BCUT2D eigenvalue weighted by Gasteiger charge is 2.29. The molecule has 4 rings (SSSR count). The van der Waals surface area contributed by atoms with Gasteiger partial charge in [-0.25, -0.2) is 8.42 Å². The molecule has 3 aromatic rings. The van der Waals surface area contributed by atoms with Gasteiger partial charge in [-0.05, 0) is 42.0 Å². The number of amides is 1. The molecule has 1 aliphatic heterocycles. The lowest BCUT2D eigenvalue weighted by Gasteiger charge is -2.27. The molecule has 2 heterocycles. The highest BCUT2D eigenvalue weighted by molar-refractivity contribution is 7.89. The number of rotatable bonds is 11. The van der Waals surface area contributed by atoms with Crippen molar-refractivity contribution >= 4 is 15.9 Å². The molecule has 0 bridgehead atoms. The SMILES string of the molecule is COCCN(CC(=O)N(Cc1ccc2c(c1)OCO2)Cc1ccco1)S(=O)(=O)c1ccccc1. The van der Waals surface area contributed by atoms with Crippen molar-refractivity contribution in [3.63, 3.8) is 0 Å². The van der Waals surface area contributed by atoms with E-state index in [1.165, 1.54) is 25.5 Å². The molecule has 34 heavy (non-hydrogen) atoms. The Balaban J connectivity index is 1.57. The van der Waals surface area contributed by atoms with Crippen molar-refractivity contribution in [2.75, 3.05) is 33.6 Å². The number of furan rings is 1. The Kier molecular flexibility index (Phi) is 7.51. The minimum Gasteiger partial charge on any atom is -0.467 e. The van der Waals surface area contributed by atoms with Gasteiger partial charge >= 0.3 is 0 Å². The Morgan fingerprint density at radius 2 is 1.79 bits per heavy atom. The number of hydrogen-bond donors (Lipinski definition) is 0. The Labute approximate surface area is 198 Å². The number of carbonyl (C=O) groups is 1. The molecular weight excluding hydrogens is 460 g/mol. The van der Waals surface area contributed by atoms with Gasteiger partial charge in [0.25, 0.3) is 0 Å². The first-order valence-corrected chi connectivity index (χ1v) is 12.1. The number of benzene rings is 2. The number of ether oxygens (including phenoxy) is 3. The number of carbonyl (C=O) groups excluding carboxylic acids is 1. The molecule has 1 aliphatic rings. The molecule has 180 valence electrons. The van der Waals surface area contributed by atoms with E-state index in [1.807, 2.05) is 12.1 Å². The summed E-state index contributed by atoms with van der Waals surface area (Å²) >= 11 is 0. The summed E-state index contributed by atoms with van der Waals surface area (Å²) in [6.07, 6.45) is 1.53. The predicted molar refractivity (Wildman–Crippen MR) is 123 cm³/mol. The fourth-order valence-corrected chi connectivity index (χ4v) is 4.95. The van der Waals surface area contributed by atoms with Gasteiger partial charge in [0, 0.05) is 20.2 Å². The largest absolute Gasteiger partial charge is 0.467 e. The summed E-state index contributed by atoms with van der Waals surface area (Å²) in [7, 11) is -2.41. The maximum Gasteiger partial charge on any atom is 0.243 e. The van der Waals surface area contributed by atoms with E-state index in [0.717, 1.165) is 9.87 Å². The Morgan fingerprint density at radius 3 is 2.53 bits per heavy atom. The summed E-state index contributed by atoms with van der Waals surface area (Å²) in [6.45, 7) is 0.423. The predicted octanol–water partition coefficient (Wildman–Crippen LogP) is 2.87. The van der Waals surface area contributed by atoms with Crippen molar-refractivity contribution in [2.45, 2.75) is 18.0 Å². The van der Waals surface area contributed by atoms with E-state index in [4.69, 9.17) is 18.6 Å². The molecule has 0 saturated carbocycles. The van der Waals surface area contributed by atoms with Crippen LogP contribution < -0.4 is 9.47 Å². The molecule has 1 amide bonds. The van der Waals surface area contributed by atoms with Gasteiger partial charge < -0.3 is 23.5 Å².